The van der Waals surface area contributed by atoms with Gasteiger partial charge in [0.25, 0.3) is 0 Å². The van der Waals surface area contributed by atoms with E-state index in [9.17, 15) is 9.59 Å². The van der Waals surface area contributed by atoms with Gasteiger partial charge in [-0.15, -0.1) is 11.3 Å². The molecule has 19 heavy (non-hydrogen) atoms. The summed E-state index contributed by atoms with van der Waals surface area (Å²) in [6, 6.07) is -0.376. The van der Waals surface area contributed by atoms with Crippen LogP contribution < -0.4 is 0 Å². The zero-order valence-electron chi connectivity index (χ0n) is 10.7. The van der Waals surface area contributed by atoms with E-state index in [-0.39, 0.29) is 31.4 Å². The van der Waals surface area contributed by atoms with Crippen LogP contribution in [0.3, 0.4) is 0 Å². The van der Waals surface area contributed by atoms with Crippen LogP contribution in [0.5, 0.6) is 0 Å². The zero-order valence-corrected chi connectivity index (χ0v) is 11.5. The second kappa shape index (κ2) is 6.12. The summed E-state index contributed by atoms with van der Waals surface area (Å²) in [7, 11) is 0. The summed E-state index contributed by atoms with van der Waals surface area (Å²) < 4.78 is 5.25. The van der Waals surface area contributed by atoms with E-state index in [0.717, 1.165) is 10.7 Å². The molecule has 1 aliphatic heterocycles. The molecule has 2 rings (SSSR count). The molecule has 0 radical (unpaired) electrons. The molecule has 7 heteroatoms. The summed E-state index contributed by atoms with van der Waals surface area (Å²) in [6.07, 6.45) is 0.141. The second-order valence-corrected chi connectivity index (χ2v) is 5.51. The maximum absolute atomic E-state index is 12.2. The van der Waals surface area contributed by atoms with Crippen LogP contribution in [0.2, 0.25) is 0 Å². The minimum atomic E-state index is -0.919. The number of aliphatic carboxylic acids is 1. The van der Waals surface area contributed by atoms with E-state index >= 15 is 0 Å². The third-order valence-electron chi connectivity index (χ3n) is 2.96. The van der Waals surface area contributed by atoms with Crippen molar-refractivity contribution < 1.29 is 19.4 Å². The lowest BCUT2D eigenvalue weighted by Gasteiger charge is -2.34. The number of thiazole rings is 1. The Kier molecular flexibility index (Phi) is 4.49. The molecule has 1 unspecified atom stereocenters. The average molecular weight is 284 g/mol. The lowest BCUT2D eigenvalue weighted by atomic mass is 10.1. The smallest absolute Gasteiger partial charge is 0.305 e. The van der Waals surface area contributed by atoms with E-state index in [2.05, 4.69) is 4.98 Å². The summed E-state index contributed by atoms with van der Waals surface area (Å²) >= 11 is 1.50. The van der Waals surface area contributed by atoms with Crippen molar-refractivity contribution in [2.45, 2.75) is 25.8 Å². The number of hydrogen-bond donors (Lipinski definition) is 1. The van der Waals surface area contributed by atoms with E-state index in [1.54, 1.807) is 4.90 Å². The largest absolute Gasteiger partial charge is 0.481 e. The first kappa shape index (κ1) is 14.0. The number of carboxylic acids is 1. The number of carbonyl (C=O) groups excluding carboxylic acids is 1. The third-order valence-corrected chi connectivity index (χ3v) is 3.78. The second-order valence-electron chi connectivity index (χ2n) is 4.45. The Bertz CT molecular complexity index is 474. The van der Waals surface area contributed by atoms with Crippen LogP contribution in [0.15, 0.2) is 5.38 Å². The Morgan fingerprint density at radius 1 is 1.63 bits per heavy atom. The molecule has 0 spiro atoms. The highest BCUT2D eigenvalue weighted by Crippen LogP contribution is 2.14. The third kappa shape index (κ3) is 3.74. The molecule has 1 N–H and O–H groups in total. The Labute approximate surface area is 115 Å². The van der Waals surface area contributed by atoms with Crippen molar-refractivity contribution in [2.75, 3.05) is 19.8 Å². The van der Waals surface area contributed by atoms with Gasteiger partial charge in [0.2, 0.25) is 5.91 Å². The summed E-state index contributed by atoms with van der Waals surface area (Å²) in [6.45, 7) is 3.08. The van der Waals surface area contributed by atoms with Crippen LogP contribution in [0, 0.1) is 6.92 Å². The van der Waals surface area contributed by atoms with Crippen LogP contribution in [-0.4, -0.2) is 52.7 Å². The van der Waals surface area contributed by atoms with Gasteiger partial charge >= 0.3 is 5.97 Å². The highest BCUT2D eigenvalue weighted by atomic mass is 32.1. The van der Waals surface area contributed by atoms with Crippen molar-refractivity contribution in [3.63, 3.8) is 0 Å². The molecule has 1 saturated heterocycles. The minimum Gasteiger partial charge on any atom is -0.481 e. The molecule has 104 valence electrons. The maximum atomic E-state index is 12.2. The molecular weight excluding hydrogens is 268 g/mol. The predicted octanol–water partition coefficient (Wildman–Crippen LogP) is 0.696. The van der Waals surface area contributed by atoms with Crippen molar-refractivity contribution in [1.82, 2.24) is 9.88 Å². The number of hydrogen-bond acceptors (Lipinski definition) is 5. The predicted molar refractivity (Wildman–Crippen MR) is 69.1 cm³/mol. The Hall–Kier alpha value is -1.47. The Morgan fingerprint density at radius 2 is 2.42 bits per heavy atom. The van der Waals surface area contributed by atoms with E-state index in [0.29, 0.717) is 13.2 Å². The van der Waals surface area contributed by atoms with Gasteiger partial charge < -0.3 is 14.7 Å². The molecule has 0 saturated carbocycles. The molecule has 6 nitrogen and oxygen atoms in total. The van der Waals surface area contributed by atoms with Crippen LogP contribution in [0.25, 0.3) is 0 Å². The van der Waals surface area contributed by atoms with Crippen molar-refractivity contribution in [2.24, 2.45) is 0 Å². The molecule has 1 aromatic rings. The van der Waals surface area contributed by atoms with Crippen LogP contribution >= 0.6 is 11.3 Å². The molecule has 0 aromatic carbocycles. The number of carboxylic acid groups (broad SMARTS) is 1. The van der Waals surface area contributed by atoms with Gasteiger partial charge in [-0.2, -0.15) is 0 Å². The van der Waals surface area contributed by atoms with Gasteiger partial charge in [0, 0.05) is 11.9 Å². The topological polar surface area (TPSA) is 79.7 Å². The Morgan fingerprint density at radius 3 is 3.05 bits per heavy atom. The summed E-state index contributed by atoms with van der Waals surface area (Å²) in [5.41, 5.74) is 0.744. The number of aromatic nitrogens is 1. The van der Waals surface area contributed by atoms with Gasteiger partial charge in [0.05, 0.1) is 42.8 Å². The van der Waals surface area contributed by atoms with E-state index in [1.165, 1.54) is 11.3 Å². The SMILES string of the molecule is Cc1nc(CC(=O)N2CCOCC2CC(=O)O)cs1. The summed E-state index contributed by atoms with van der Waals surface area (Å²) in [5, 5.41) is 11.6. The molecule has 0 bridgehead atoms. The van der Waals surface area contributed by atoms with Crippen LogP contribution in [-0.2, 0) is 20.7 Å². The summed E-state index contributed by atoms with van der Waals surface area (Å²) in [4.78, 5) is 28.9. The van der Waals surface area contributed by atoms with E-state index < -0.39 is 5.97 Å². The normalized spacial score (nSPS) is 19.4. The van der Waals surface area contributed by atoms with Gasteiger partial charge in [0.15, 0.2) is 0 Å². The minimum absolute atomic E-state index is 0.0815. The van der Waals surface area contributed by atoms with Crippen molar-refractivity contribution in [1.29, 1.82) is 0 Å². The average Bonchev–Trinajstić information content (AvgIpc) is 2.74. The number of aryl methyl sites for hydroxylation is 1. The van der Waals surface area contributed by atoms with Crippen molar-refractivity contribution in [3.8, 4) is 0 Å². The number of nitrogens with zero attached hydrogens (tertiary/aromatic N) is 2. The molecule has 1 fully saturated rings. The van der Waals surface area contributed by atoms with E-state index in [1.807, 2.05) is 12.3 Å². The quantitative estimate of drug-likeness (QED) is 0.880. The van der Waals surface area contributed by atoms with Crippen LogP contribution in [0.1, 0.15) is 17.1 Å². The zero-order chi connectivity index (χ0) is 13.8. The molecule has 1 aromatic heterocycles. The van der Waals surface area contributed by atoms with Crippen molar-refractivity contribution >= 4 is 23.2 Å². The van der Waals surface area contributed by atoms with Gasteiger partial charge in [0.1, 0.15) is 0 Å². The Balaban J connectivity index is 2.00. The number of ether oxygens (including phenoxy) is 1. The number of amides is 1. The maximum Gasteiger partial charge on any atom is 0.305 e. The fourth-order valence-electron chi connectivity index (χ4n) is 2.10. The molecule has 1 atom stereocenters. The fraction of sp³-hybridized carbons (Fsp3) is 0.583. The van der Waals surface area contributed by atoms with Crippen LogP contribution in [0.4, 0.5) is 0 Å². The van der Waals surface area contributed by atoms with Gasteiger partial charge in [-0.1, -0.05) is 0 Å². The van der Waals surface area contributed by atoms with Gasteiger partial charge in [-0.05, 0) is 6.92 Å². The summed E-state index contributed by atoms with van der Waals surface area (Å²) in [5.74, 6) is -1.00. The monoisotopic (exact) mass is 284 g/mol. The van der Waals surface area contributed by atoms with Crippen molar-refractivity contribution in [3.05, 3.63) is 16.1 Å². The fourth-order valence-corrected chi connectivity index (χ4v) is 2.71. The van der Waals surface area contributed by atoms with Gasteiger partial charge in [-0.3, -0.25) is 9.59 Å². The molecule has 0 aliphatic carbocycles. The highest BCUT2D eigenvalue weighted by molar-refractivity contribution is 7.09. The first-order valence-electron chi connectivity index (χ1n) is 6.06. The number of morpholine rings is 1. The first-order valence-corrected chi connectivity index (χ1v) is 6.94. The number of carbonyl (C=O) groups is 2. The molecular formula is C12H16N2O4S. The molecule has 2 heterocycles. The lowest BCUT2D eigenvalue weighted by Crippen LogP contribution is -2.50. The lowest BCUT2D eigenvalue weighted by molar-refractivity contribution is -0.145. The molecule has 1 amide bonds. The highest BCUT2D eigenvalue weighted by Gasteiger charge is 2.29. The first-order chi connectivity index (χ1) is 9.06. The standard InChI is InChI=1S/C12H16N2O4S/c1-8-13-9(7-19-8)4-11(15)14-2-3-18-6-10(14)5-12(16)17/h7,10H,2-6H2,1H3,(H,16,17). The molecule has 1 aliphatic rings. The van der Waals surface area contributed by atoms with Gasteiger partial charge in [-0.25, -0.2) is 4.98 Å². The van der Waals surface area contributed by atoms with E-state index in [4.69, 9.17) is 9.84 Å². The number of rotatable bonds is 4.